The first-order valence-electron chi connectivity index (χ1n) is 10.1. The van der Waals surface area contributed by atoms with Crippen molar-refractivity contribution in [2.75, 3.05) is 0 Å². The highest BCUT2D eigenvalue weighted by Gasteiger charge is 2.22. The van der Waals surface area contributed by atoms with E-state index in [1.807, 2.05) is 35.8 Å². The van der Waals surface area contributed by atoms with Gasteiger partial charge in [0.2, 0.25) is 0 Å². The van der Waals surface area contributed by atoms with Gasteiger partial charge in [-0.1, -0.05) is 53.7 Å². The molecule has 0 aliphatic rings. The van der Waals surface area contributed by atoms with Crippen molar-refractivity contribution in [3.05, 3.63) is 95.2 Å². The lowest BCUT2D eigenvalue weighted by molar-refractivity contribution is 0.0910. The zero-order chi connectivity index (χ0) is 21.8. The van der Waals surface area contributed by atoms with Gasteiger partial charge in [0.1, 0.15) is 0 Å². The van der Waals surface area contributed by atoms with Crippen LogP contribution in [0.1, 0.15) is 46.0 Å². The second-order valence-corrected chi connectivity index (χ2v) is 8.34. The Morgan fingerprint density at radius 3 is 2.55 bits per heavy atom. The largest absolute Gasteiger partial charge is 0.459 e. The number of nitrogens with one attached hydrogen (secondary N) is 1. The van der Waals surface area contributed by atoms with E-state index in [1.54, 1.807) is 23.9 Å². The van der Waals surface area contributed by atoms with E-state index >= 15 is 0 Å². The molecule has 7 heteroatoms. The third-order valence-corrected chi connectivity index (χ3v) is 6.03. The molecule has 0 spiro atoms. The van der Waals surface area contributed by atoms with Crippen molar-refractivity contribution in [1.29, 1.82) is 0 Å². The van der Waals surface area contributed by atoms with Gasteiger partial charge >= 0.3 is 0 Å². The van der Waals surface area contributed by atoms with Gasteiger partial charge in [-0.3, -0.25) is 9.36 Å². The first-order valence-corrected chi connectivity index (χ1v) is 11.1. The number of hydrogen-bond donors (Lipinski definition) is 1. The molecule has 2 heterocycles. The van der Waals surface area contributed by atoms with Gasteiger partial charge < -0.3 is 9.73 Å². The molecule has 2 aromatic heterocycles. The Kier molecular flexibility index (Phi) is 6.23. The number of aromatic nitrogens is 3. The SMILES string of the molecule is Cc1ccc(-n2c(SCc3ccccc3C)nnc2C(C)NC(=O)c2ccco2)cc1. The monoisotopic (exact) mass is 432 g/mol. The van der Waals surface area contributed by atoms with E-state index in [2.05, 4.69) is 53.6 Å². The van der Waals surface area contributed by atoms with Crippen molar-refractivity contribution in [2.45, 2.75) is 37.7 Å². The third-order valence-electron chi connectivity index (χ3n) is 5.05. The topological polar surface area (TPSA) is 73.0 Å². The predicted molar refractivity (Wildman–Crippen MR) is 121 cm³/mol. The second kappa shape index (κ2) is 9.22. The zero-order valence-corrected chi connectivity index (χ0v) is 18.5. The molecule has 0 aliphatic carbocycles. The van der Waals surface area contributed by atoms with Gasteiger partial charge in [-0.25, -0.2) is 0 Å². The molecule has 0 aliphatic heterocycles. The number of carbonyl (C=O) groups excluding carboxylic acids is 1. The highest BCUT2D eigenvalue weighted by molar-refractivity contribution is 7.98. The van der Waals surface area contributed by atoms with Crippen molar-refractivity contribution in [1.82, 2.24) is 20.1 Å². The summed E-state index contributed by atoms with van der Waals surface area (Å²) in [5.41, 5.74) is 4.63. The summed E-state index contributed by atoms with van der Waals surface area (Å²) in [7, 11) is 0. The van der Waals surface area contributed by atoms with E-state index in [0.717, 1.165) is 16.6 Å². The average molecular weight is 433 g/mol. The van der Waals surface area contributed by atoms with Gasteiger partial charge in [-0.15, -0.1) is 10.2 Å². The maximum absolute atomic E-state index is 12.5. The molecule has 6 nitrogen and oxygen atoms in total. The Morgan fingerprint density at radius 1 is 1.06 bits per heavy atom. The zero-order valence-electron chi connectivity index (χ0n) is 17.7. The fraction of sp³-hybridized carbons (Fsp3) is 0.208. The Labute approximate surface area is 185 Å². The Morgan fingerprint density at radius 2 is 1.84 bits per heavy atom. The van der Waals surface area contributed by atoms with Crippen LogP contribution in [0.5, 0.6) is 0 Å². The second-order valence-electron chi connectivity index (χ2n) is 7.40. The highest BCUT2D eigenvalue weighted by atomic mass is 32.2. The Balaban J connectivity index is 1.64. The van der Waals surface area contributed by atoms with Crippen LogP contribution in [0.25, 0.3) is 5.69 Å². The summed E-state index contributed by atoms with van der Waals surface area (Å²) in [5.74, 6) is 1.42. The van der Waals surface area contributed by atoms with E-state index < -0.39 is 0 Å². The molecule has 4 aromatic rings. The van der Waals surface area contributed by atoms with Crippen LogP contribution in [0.2, 0.25) is 0 Å². The summed E-state index contributed by atoms with van der Waals surface area (Å²) in [6.45, 7) is 6.06. The van der Waals surface area contributed by atoms with Crippen molar-refractivity contribution in [3.63, 3.8) is 0 Å². The van der Waals surface area contributed by atoms with Crippen LogP contribution in [0.15, 0.2) is 76.5 Å². The first-order chi connectivity index (χ1) is 15.0. The molecule has 1 unspecified atom stereocenters. The summed E-state index contributed by atoms with van der Waals surface area (Å²) >= 11 is 1.63. The highest BCUT2D eigenvalue weighted by Crippen LogP contribution is 2.28. The number of carbonyl (C=O) groups is 1. The fourth-order valence-electron chi connectivity index (χ4n) is 3.25. The molecule has 0 fully saturated rings. The van der Waals surface area contributed by atoms with E-state index in [9.17, 15) is 4.79 Å². The lowest BCUT2D eigenvalue weighted by Crippen LogP contribution is -2.28. The smallest absolute Gasteiger partial charge is 0.287 e. The quantitative estimate of drug-likeness (QED) is 0.403. The van der Waals surface area contributed by atoms with Crippen LogP contribution in [-0.4, -0.2) is 20.7 Å². The Bertz CT molecular complexity index is 1170. The Hall–Kier alpha value is -3.32. The molecule has 4 rings (SSSR count). The standard InChI is InChI=1S/C24H24N4O2S/c1-16-10-12-20(13-11-16)28-22(18(3)25-23(29)21-9-6-14-30-21)26-27-24(28)31-15-19-8-5-4-7-17(19)2/h4-14,18H,15H2,1-3H3,(H,25,29). The normalized spacial score (nSPS) is 12.0. The molecule has 0 radical (unpaired) electrons. The minimum atomic E-state index is -0.362. The molecule has 2 aromatic carbocycles. The molecular weight excluding hydrogens is 408 g/mol. The van der Waals surface area contributed by atoms with Crippen LogP contribution in [0.4, 0.5) is 0 Å². The molecule has 0 saturated heterocycles. The van der Waals surface area contributed by atoms with Crippen LogP contribution in [0.3, 0.4) is 0 Å². The molecule has 1 atom stereocenters. The number of furan rings is 1. The van der Waals surface area contributed by atoms with E-state index in [0.29, 0.717) is 5.82 Å². The summed E-state index contributed by atoms with van der Waals surface area (Å²) in [4.78, 5) is 12.5. The molecule has 1 N–H and O–H groups in total. The number of rotatable bonds is 7. The number of amides is 1. The number of aryl methyl sites for hydroxylation is 2. The van der Waals surface area contributed by atoms with E-state index in [1.165, 1.54) is 23.0 Å². The minimum Gasteiger partial charge on any atom is -0.459 e. The number of hydrogen-bond acceptors (Lipinski definition) is 5. The summed E-state index contributed by atoms with van der Waals surface area (Å²) in [6, 6.07) is 19.5. The minimum absolute atomic E-state index is 0.266. The van der Waals surface area contributed by atoms with Crippen LogP contribution < -0.4 is 5.32 Å². The van der Waals surface area contributed by atoms with Gasteiger partial charge in [0, 0.05) is 11.4 Å². The summed E-state index contributed by atoms with van der Waals surface area (Å²) in [6.07, 6.45) is 1.48. The maximum Gasteiger partial charge on any atom is 0.287 e. The molecule has 1 amide bonds. The lowest BCUT2D eigenvalue weighted by Gasteiger charge is -2.16. The number of thioether (sulfide) groups is 1. The number of nitrogens with zero attached hydrogens (tertiary/aromatic N) is 3. The van der Waals surface area contributed by atoms with Crippen molar-refractivity contribution in [3.8, 4) is 5.69 Å². The lowest BCUT2D eigenvalue weighted by atomic mass is 10.1. The number of benzene rings is 2. The third kappa shape index (κ3) is 4.72. The summed E-state index contributed by atoms with van der Waals surface area (Å²) in [5, 5.41) is 12.6. The first kappa shape index (κ1) is 20.9. The summed E-state index contributed by atoms with van der Waals surface area (Å²) < 4.78 is 7.21. The molecule has 31 heavy (non-hydrogen) atoms. The van der Waals surface area contributed by atoms with Gasteiger partial charge in [0.25, 0.3) is 5.91 Å². The van der Waals surface area contributed by atoms with E-state index in [4.69, 9.17) is 4.42 Å². The molecule has 0 saturated carbocycles. The molecule has 158 valence electrons. The van der Waals surface area contributed by atoms with Crippen molar-refractivity contribution in [2.24, 2.45) is 0 Å². The predicted octanol–water partition coefficient (Wildman–Crippen LogP) is 5.26. The van der Waals surface area contributed by atoms with Gasteiger partial charge in [0.05, 0.1) is 12.3 Å². The maximum atomic E-state index is 12.5. The van der Waals surface area contributed by atoms with Gasteiger partial charge in [0.15, 0.2) is 16.7 Å². The van der Waals surface area contributed by atoms with Crippen LogP contribution >= 0.6 is 11.8 Å². The fourth-order valence-corrected chi connectivity index (χ4v) is 4.28. The van der Waals surface area contributed by atoms with Crippen molar-refractivity contribution >= 4 is 17.7 Å². The van der Waals surface area contributed by atoms with Crippen LogP contribution in [-0.2, 0) is 5.75 Å². The van der Waals surface area contributed by atoms with Gasteiger partial charge in [-0.05, 0) is 56.2 Å². The van der Waals surface area contributed by atoms with Gasteiger partial charge in [-0.2, -0.15) is 0 Å². The average Bonchev–Trinajstić information content (AvgIpc) is 3.44. The molecule has 0 bridgehead atoms. The van der Waals surface area contributed by atoms with Crippen LogP contribution in [0, 0.1) is 13.8 Å². The van der Waals surface area contributed by atoms with E-state index in [-0.39, 0.29) is 17.7 Å². The molecular formula is C24H24N4O2S. The van der Waals surface area contributed by atoms with Crippen molar-refractivity contribution < 1.29 is 9.21 Å².